The molecule has 2 aromatic rings. The number of halogens is 1. The van der Waals surface area contributed by atoms with Crippen LogP contribution in [0, 0.1) is 0 Å². The van der Waals surface area contributed by atoms with Crippen LogP contribution in [0.4, 0.5) is 0 Å². The normalized spacial score (nSPS) is 17.2. The lowest BCUT2D eigenvalue weighted by atomic mass is 9.95. The van der Waals surface area contributed by atoms with Crippen LogP contribution in [0.2, 0.25) is 0 Å². The molecule has 0 amide bonds. The van der Waals surface area contributed by atoms with Crippen LogP contribution in [-0.2, 0) is 6.42 Å². The van der Waals surface area contributed by atoms with Crippen molar-refractivity contribution < 1.29 is 9.90 Å². The molecule has 1 aliphatic carbocycles. The summed E-state index contributed by atoms with van der Waals surface area (Å²) in [6, 6.07) is 9.58. The van der Waals surface area contributed by atoms with Gasteiger partial charge in [-0.05, 0) is 58.1 Å². The summed E-state index contributed by atoms with van der Waals surface area (Å²) in [5, 5.41) is 9.18. The summed E-state index contributed by atoms with van der Waals surface area (Å²) in [4.78, 5) is 15.6. The van der Waals surface area contributed by atoms with Crippen LogP contribution in [0.5, 0.6) is 0 Å². The first kappa shape index (κ1) is 12.4. The molecule has 0 saturated carbocycles. The molecule has 1 aromatic carbocycles. The second-order valence-electron chi connectivity index (χ2n) is 4.68. The Morgan fingerprint density at radius 1 is 1.37 bits per heavy atom. The summed E-state index contributed by atoms with van der Waals surface area (Å²) in [6.45, 7) is 0. The fourth-order valence-corrected chi connectivity index (χ4v) is 3.08. The predicted octanol–water partition coefficient (Wildman–Crippen LogP) is 3.62. The molecule has 3 rings (SSSR count). The van der Waals surface area contributed by atoms with E-state index in [-0.39, 0.29) is 5.92 Å². The van der Waals surface area contributed by atoms with Gasteiger partial charge in [-0.25, -0.2) is 4.79 Å². The summed E-state index contributed by atoms with van der Waals surface area (Å²) in [7, 11) is 0. The largest absolute Gasteiger partial charge is 0.478 e. The highest BCUT2D eigenvalue weighted by Crippen LogP contribution is 2.37. The van der Waals surface area contributed by atoms with E-state index in [9.17, 15) is 9.90 Å². The molecule has 1 aromatic heterocycles. The predicted molar refractivity (Wildman–Crippen MR) is 75.5 cm³/mol. The number of benzene rings is 1. The molecule has 0 fully saturated rings. The number of carboxylic acid groups (broad SMARTS) is 1. The number of fused-ring (bicyclic) bond motifs is 1. The van der Waals surface area contributed by atoms with E-state index in [0.29, 0.717) is 10.0 Å². The van der Waals surface area contributed by atoms with Crippen molar-refractivity contribution in [1.82, 2.24) is 4.98 Å². The molecule has 0 bridgehead atoms. The quantitative estimate of drug-likeness (QED) is 0.920. The van der Waals surface area contributed by atoms with E-state index < -0.39 is 5.97 Å². The summed E-state index contributed by atoms with van der Waals surface area (Å²) >= 11 is 3.27. The van der Waals surface area contributed by atoms with Crippen molar-refractivity contribution in [3.8, 4) is 0 Å². The van der Waals surface area contributed by atoms with Gasteiger partial charge in [-0.3, -0.25) is 4.98 Å². The smallest absolute Gasteiger partial charge is 0.336 e. The van der Waals surface area contributed by atoms with E-state index >= 15 is 0 Å². The number of aromatic carboxylic acids is 1. The van der Waals surface area contributed by atoms with Gasteiger partial charge in [-0.15, -0.1) is 0 Å². The number of hydrogen-bond acceptors (Lipinski definition) is 2. The topological polar surface area (TPSA) is 50.2 Å². The number of rotatable bonds is 2. The van der Waals surface area contributed by atoms with E-state index in [1.807, 2.05) is 12.1 Å². The maximum absolute atomic E-state index is 11.2. The fourth-order valence-electron chi connectivity index (χ4n) is 2.66. The maximum atomic E-state index is 11.2. The van der Waals surface area contributed by atoms with Crippen LogP contribution in [0.1, 0.15) is 39.5 Å². The maximum Gasteiger partial charge on any atom is 0.336 e. The zero-order valence-corrected chi connectivity index (χ0v) is 11.7. The molecule has 4 heteroatoms. The molecule has 1 atom stereocenters. The van der Waals surface area contributed by atoms with E-state index in [1.54, 1.807) is 18.3 Å². The zero-order valence-electron chi connectivity index (χ0n) is 10.1. The van der Waals surface area contributed by atoms with E-state index in [1.165, 1.54) is 5.56 Å². The standard InChI is InChI=1S/C15H12BrNO2/c16-13-6-4-10(8-12(13)15(18)19)11-5-3-9-2-1-7-17-14(9)11/h1-2,4,6-8,11H,3,5H2,(H,18,19). The van der Waals surface area contributed by atoms with Crippen LogP contribution in [0.25, 0.3) is 0 Å². The highest BCUT2D eigenvalue weighted by Gasteiger charge is 2.26. The van der Waals surface area contributed by atoms with Gasteiger partial charge >= 0.3 is 5.97 Å². The number of aromatic nitrogens is 1. The number of aryl methyl sites for hydroxylation is 1. The summed E-state index contributed by atoms with van der Waals surface area (Å²) in [5.74, 6) is -0.699. The summed E-state index contributed by atoms with van der Waals surface area (Å²) in [5.41, 5.74) is 3.69. The Kier molecular flexibility index (Phi) is 3.11. The number of nitrogens with zero attached hydrogens (tertiary/aromatic N) is 1. The van der Waals surface area contributed by atoms with Crippen LogP contribution >= 0.6 is 15.9 Å². The van der Waals surface area contributed by atoms with Crippen molar-refractivity contribution in [2.45, 2.75) is 18.8 Å². The number of pyridine rings is 1. The van der Waals surface area contributed by atoms with Crippen molar-refractivity contribution in [2.75, 3.05) is 0 Å². The second kappa shape index (κ2) is 4.78. The minimum Gasteiger partial charge on any atom is -0.478 e. The number of carboxylic acids is 1. The SMILES string of the molecule is O=C(O)c1cc(C2CCc3cccnc32)ccc1Br. The molecular formula is C15H12BrNO2. The fraction of sp³-hybridized carbons (Fsp3) is 0.200. The van der Waals surface area contributed by atoms with Crippen LogP contribution in [0.3, 0.4) is 0 Å². The molecule has 1 aliphatic rings. The Morgan fingerprint density at radius 2 is 2.21 bits per heavy atom. The van der Waals surface area contributed by atoms with E-state index in [2.05, 4.69) is 27.0 Å². The van der Waals surface area contributed by atoms with Crippen molar-refractivity contribution in [1.29, 1.82) is 0 Å². The summed E-state index contributed by atoms with van der Waals surface area (Å²) < 4.78 is 0.614. The average molecular weight is 318 g/mol. The van der Waals surface area contributed by atoms with Gasteiger partial charge in [-0.2, -0.15) is 0 Å². The lowest BCUT2D eigenvalue weighted by Gasteiger charge is -2.12. The monoisotopic (exact) mass is 317 g/mol. The Hall–Kier alpha value is -1.68. The first-order valence-electron chi connectivity index (χ1n) is 6.13. The first-order valence-corrected chi connectivity index (χ1v) is 6.92. The third kappa shape index (κ3) is 2.16. The molecule has 19 heavy (non-hydrogen) atoms. The van der Waals surface area contributed by atoms with Gasteiger partial charge in [0.05, 0.1) is 11.3 Å². The lowest BCUT2D eigenvalue weighted by molar-refractivity contribution is 0.0695. The van der Waals surface area contributed by atoms with Gasteiger partial charge in [0, 0.05) is 16.6 Å². The van der Waals surface area contributed by atoms with Crippen molar-refractivity contribution in [2.24, 2.45) is 0 Å². The molecule has 1 unspecified atom stereocenters. The van der Waals surface area contributed by atoms with Crippen LogP contribution in [0.15, 0.2) is 41.0 Å². The Bertz CT molecular complexity index is 654. The van der Waals surface area contributed by atoms with Gasteiger partial charge in [0.15, 0.2) is 0 Å². The molecule has 0 saturated heterocycles. The van der Waals surface area contributed by atoms with Gasteiger partial charge in [0.25, 0.3) is 0 Å². The number of hydrogen-bond donors (Lipinski definition) is 1. The molecule has 0 aliphatic heterocycles. The van der Waals surface area contributed by atoms with Crippen molar-refractivity contribution in [3.05, 3.63) is 63.4 Å². The van der Waals surface area contributed by atoms with Gasteiger partial charge in [0.1, 0.15) is 0 Å². The molecule has 0 spiro atoms. The van der Waals surface area contributed by atoms with E-state index in [4.69, 9.17) is 0 Å². The van der Waals surface area contributed by atoms with Gasteiger partial charge < -0.3 is 5.11 Å². The van der Waals surface area contributed by atoms with Gasteiger partial charge in [-0.1, -0.05) is 12.1 Å². The lowest BCUT2D eigenvalue weighted by Crippen LogP contribution is -2.03. The molecule has 0 radical (unpaired) electrons. The average Bonchev–Trinajstić information content (AvgIpc) is 2.83. The Balaban J connectivity index is 2.05. The second-order valence-corrected chi connectivity index (χ2v) is 5.54. The minimum atomic E-state index is -0.909. The minimum absolute atomic E-state index is 0.211. The molecule has 1 heterocycles. The number of carbonyl (C=O) groups is 1. The van der Waals surface area contributed by atoms with Crippen molar-refractivity contribution in [3.63, 3.8) is 0 Å². The van der Waals surface area contributed by atoms with E-state index in [0.717, 1.165) is 24.1 Å². The van der Waals surface area contributed by atoms with Crippen LogP contribution in [-0.4, -0.2) is 16.1 Å². The first-order chi connectivity index (χ1) is 9.16. The molecule has 1 N–H and O–H groups in total. The van der Waals surface area contributed by atoms with Crippen LogP contribution < -0.4 is 0 Å². The van der Waals surface area contributed by atoms with Gasteiger partial charge in [0.2, 0.25) is 0 Å². The molecular weight excluding hydrogens is 306 g/mol. The third-order valence-corrected chi connectivity index (χ3v) is 4.27. The van der Waals surface area contributed by atoms with Crippen molar-refractivity contribution >= 4 is 21.9 Å². The highest BCUT2D eigenvalue weighted by molar-refractivity contribution is 9.10. The summed E-state index contributed by atoms with van der Waals surface area (Å²) in [6.07, 6.45) is 3.80. The Labute approximate surface area is 119 Å². The molecule has 3 nitrogen and oxygen atoms in total. The highest BCUT2D eigenvalue weighted by atomic mass is 79.9. The third-order valence-electron chi connectivity index (χ3n) is 3.58. The zero-order chi connectivity index (χ0) is 13.4. The molecule has 96 valence electrons. The Morgan fingerprint density at radius 3 is 3.00 bits per heavy atom.